The molecular weight excluding hydrogens is 320 g/mol. The van der Waals surface area contributed by atoms with Crippen LogP contribution in [0.4, 0.5) is 8.78 Å². The summed E-state index contributed by atoms with van der Waals surface area (Å²) in [7, 11) is 1.51. The molecule has 24 heavy (non-hydrogen) atoms. The number of nitrogens with one attached hydrogen (secondary N) is 1. The van der Waals surface area contributed by atoms with E-state index >= 15 is 0 Å². The predicted molar refractivity (Wildman–Crippen MR) is 81.9 cm³/mol. The van der Waals surface area contributed by atoms with E-state index in [9.17, 15) is 23.5 Å². The van der Waals surface area contributed by atoms with Gasteiger partial charge in [-0.15, -0.1) is 0 Å². The van der Waals surface area contributed by atoms with Crippen LogP contribution in [-0.2, 0) is 11.2 Å². The van der Waals surface area contributed by atoms with Crippen molar-refractivity contribution in [3.63, 3.8) is 0 Å². The predicted octanol–water partition coefficient (Wildman–Crippen LogP) is 2.40. The largest absolute Gasteiger partial charge is 0.497 e. The summed E-state index contributed by atoms with van der Waals surface area (Å²) in [4.78, 5) is 23.4. The first kappa shape index (κ1) is 17.4. The second kappa shape index (κ2) is 7.54. The van der Waals surface area contributed by atoms with Crippen LogP contribution in [0.5, 0.6) is 5.75 Å². The first-order chi connectivity index (χ1) is 11.4. The number of hydrogen-bond acceptors (Lipinski definition) is 3. The van der Waals surface area contributed by atoms with E-state index in [1.807, 2.05) is 0 Å². The minimum atomic E-state index is -1.26. The monoisotopic (exact) mass is 335 g/mol. The van der Waals surface area contributed by atoms with Gasteiger partial charge in [0.1, 0.15) is 23.4 Å². The molecule has 2 rings (SSSR count). The first-order valence-corrected chi connectivity index (χ1v) is 7.02. The van der Waals surface area contributed by atoms with E-state index in [4.69, 9.17) is 4.74 Å². The van der Waals surface area contributed by atoms with Crippen molar-refractivity contribution in [1.29, 1.82) is 0 Å². The molecule has 1 amide bonds. The molecule has 0 saturated carbocycles. The van der Waals surface area contributed by atoms with Crippen molar-refractivity contribution in [1.82, 2.24) is 5.32 Å². The van der Waals surface area contributed by atoms with Crippen LogP contribution in [0.1, 0.15) is 15.9 Å². The van der Waals surface area contributed by atoms with Gasteiger partial charge in [-0.05, 0) is 29.8 Å². The standard InChI is InChI=1S/C17H15F2NO4/c1-24-12-5-2-10(3-6-12)8-15(17(22)23)20-16(21)13-7-4-11(18)9-14(13)19/h2-7,9,15H,8H2,1H3,(H,20,21)(H,22,23)/t15-/m1/s1. The molecule has 0 aliphatic rings. The summed E-state index contributed by atoms with van der Waals surface area (Å²) in [6.45, 7) is 0. The summed E-state index contributed by atoms with van der Waals surface area (Å²) in [5.41, 5.74) is 0.237. The number of carboxylic acids is 1. The number of carbonyl (C=O) groups is 2. The Kier molecular flexibility index (Phi) is 5.47. The van der Waals surface area contributed by atoms with Crippen molar-refractivity contribution in [2.45, 2.75) is 12.5 Å². The molecule has 0 aliphatic carbocycles. The van der Waals surface area contributed by atoms with E-state index in [1.165, 1.54) is 7.11 Å². The van der Waals surface area contributed by atoms with E-state index in [0.29, 0.717) is 17.4 Å². The minimum absolute atomic E-state index is 0.00782. The second-order valence-corrected chi connectivity index (χ2v) is 5.04. The third-order valence-electron chi connectivity index (χ3n) is 3.38. The Bertz CT molecular complexity index is 747. The summed E-state index contributed by atoms with van der Waals surface area (Å²) < 4.78 is 31.5. The number of carboxylic acid groups (broad SMARTS) is 1. The van der Waals surface area contributed by atoms with Crippen molar-refractivity contribution in [2.75, 3.05) is 7.11 Å². The molecule has 0 aromatic heterocycles. The molecule has 126 valence electrons. The van der Waals surface area contributed by atoms with E-state index in [0.717, 1.165) is 12.1 Å². The molecule has 1 atom stereocenters. The first-order valence-electron chi connectivity index (χ1n) is 7.02. The molecule has 0 saturated heterocycles. The lowest BCUT2D eigenvalue weighted by molar-refractivity contribution is -0.139. The molecule has 7 heteroatoms. The molecule has 0 heterocycles. The van der Waals surface area contributed by atoms with Crippen molar-refractivity contribution < 1.29 is 28.2 Å². The van der Waals surface area contributed by atoms with Gasteiger partial charge >= 0.3 is 5.97 Å². The quantitative estimate of drug-likeness (QED) is 0.850. The van der Waals surface area contributed by atoms with Crippen LogP contribution in [0, 0.1) is 11.6 Å². The van der Waals surface area contributed by atoms with E-state index in [1.54, 1.807) is 24.3 Å². The van der Waals surface area contributed by atoms with Gasteiger partial charge < -0.3 is 15.2 Å². The van der Waals surface area contributed by atoms with E-state index < -0.39 is 35.1 Å². The van der Waals surface area contributed by atoms with Crippen molar-refractivity contribution in [2.24, 2.45) is 0 Å². The van der Waals surface area contributed by atoms with E-state index in [2.05, 4.69) is 5.32 Å². The van der Waals surface area contributed by atoms with Crippen molar-refractivity contribution >= 4 is 11.9 Å². The fourth-order valence-electron chi connectivity index (χ4n) is 2.11. The lowest BCUT2D eigenvalue weighted by Gasteiger charge is -2.15. The van der Waals surface area contributed by atoms with Gasteiger partial charge in [-0.25, -0.2) is 13.6 Å². The van der Waals surface area contributed by atoms with Crippen LogP contribution < -0.4 is 10.1 Å². The molecule has 0 bridgehead atoms. The number of hydrogen-bond donors (Lipinski definition) is 2. The van der Waals surface area contributed by atoms with Gasteiger partial charge in [-0.2, -0.15) is 0 Å². The number of methoxy groups -OCH3 is 1. The van der Waals surface area contributed by atoms with Crippen molar-refractivity contribution in [3.8, 4) is 5.75 Å². The zero-order valence-electron chi connectivity index (χ0n) is 12.8. The molecule has 0 radical (unpaired) electrons. The number of carbonyl (C=O) groups excluding carboxylic acids is 1. The number of rotatable bonds is 6. The van der Waals surface area contributed by atoms with Gasteiger partial charge in [-0.1, -0.05) is 12.1 Å². The van der Waals surface area contributed by atoms with Crippen LogP contribution in [0.2, 0.25) is 0 Å². The summed E-state index contributed by atoms with van der Waals surface area (Å²) in [6, 6.07) is 7.86. The minimum Gasteiger partial charge on any atom is -0.497 e. The fraction of sp³-hybridized carbons (Fsp3) is 0.176. The third-order valence-corrected chi connectivity index (χ3v) is 3.38. The lowest BCUT2D eigenvalue weighted by Crippen LogP contribution is -2.42. The average molecular weight is 335 g/mol. The zero-order valence-corrected chi connectivity index (χ0v) is 12.8. The number of amides is 1. The number of halogens is 2. The van der Waals surface area contributed by atoms with Gasteiger partial charge in [0, 0.05) is 12.5 Å². The van der Waals surface area contributed by atoms with Gasteiger partial charge in [0.2, 0.25) is 0 Å². The average Bonchev–Trinajstić information content (AvgIpc) is 2.54. The number of aliphatic carboxylic acids is 1. The Morgan fingerprint density at radius 2 is 1.83 bits per heavy atom. The van der Waals surface area contributed by atoms with Gasteiger partial charge in [0.25, 0.3) is 5.91 Å². The highest BCUT2D eigenvalue weighted by Gasteiger charge is 2.23. The summed E-state index contributed by atoms with van der Waals surface area (Å²) in [5.74, 6) is -3.45. The highest BCUT2D eigenvalue weighted by atomic mass is 19.1. The van der Waals surface area contributed by atoms with Gasteiger partial charge in [0.15, 0.2) is 0 Å². The Hall–Kier alpha value is -2.96. The molecular formula is C17H15F2NO4. The van der Waals surface area contributed by atoms with Crippen LogP contribution >= 0.6 is 0 Å². The van der Waals surface area contributed by atoms with Gasteiger partial charge in [-0.3, -0.25) is 4.79 Å². The Balaban J connectivity index is 2.12. The molecule has 0 fully saturated rings. The smallest absolute Gasteiger partial charge is 0.326 e. The molecule has 5 nitrogen and oxygen atoms in total. The Labute approximate surface area is 136 Å². The molecule has 0 spiro atoms. The third kappa shape index (κ3) is 4.28. The fourth-order valence-corrected chi connectivity index (χ4v) is 2.11. The maximum Gasteiger partial charge on any atom is 0.326 e. The van der Waals surface area contributed by atoms with Crippen molar-refractivity contribution in [3.05, 3.63) is 65.2 Å². The SMILES string of the molecule is COc1ccc(C[C@@H](NC(=O)c2ccc(F)cc2F)C(=O)O)cc1. The molecule has 2 N–H and O–H groups in total. The normalized spacial score (nSPS) is 11.6. The van der Waals surface area contributed by atoms with Crippen LogP contribution in [0.15, 0.2) is 42.5 Å². The number of benzene rings is 2. The molecule has 0 aliphatic heterocycles. The topological polar surface area (TPSA) is 75.6 Å². The summed E-state index contributed by atoms with van der Waals surface area (Å²) in [6.07, 6.45) is 0.00782. The maximum absolute atomic E-state index is 13.6. The van der Waals surface area contributed by atoms with Gasteiger partial charge in [0.05, 0.1) is 12.7 Å². The summed E-state index contributed by atoms with van der Waals surface area (Å²) >= 11 is 0. The Morgan fingerprint density at radius 1 is 1.17 bits per heavy atom. The van der Waals surface area contributed by atoms with Crippen LogP contribution in [-0.4, -0.2) is 30.1 Å². The zero-order chi connectivity index (χ0) is 17.7. The highest BCUT2D eigenvalue weighted by Crippen LogP contribution is 2.14. The molecule has 2 aromatic rings. The summed E-state index contributed by atoms with van der Waals surface area (Å²) in [5, 5.41) is 11.5. The highest BCUT2D eigenvalue weighted by molar-refractivity contribution is 5.96. The van der Waals surface area contributed by atoms with Crippen LogP contribution in [0.25, 0.3) is 0 Å². The second-order valence-electron chi connectivity index (χ2n) is 5.04. The molecule has 0 unspecified atom stereocenters. The maximum atomic E-state index is 13.6. The van der Waals surface area contributed by atoms with Crippen LogP contribution in [0.3, 0.4) is 0 Å². The number of ether oxygens (including phenoxy) is 1. The van der Waals surface area contributed by atoms with E-state index in [-0.39, 0.29) is 6.42 Å². The molecule has 2 aromatic carbocycles. The Morgan fingerprint density at radius 3 is 2.38 bits per heavy atom. The lowest BCUT2D eigenvalue weighted by atomic mass is 10.1.